The molecule has 4 heterocycles. The van der Waals surface area contributed by atoms with E-state index in [0.29, 0.717) is 32.2 Å². The molecule has 11 nitrogen and oxygen atoms in total. The van der Waals surface area contributed by atoms with Crippen LogP contribution < -0.4 is 16.4 Å². The predicted molar refractivity (Wildman–Crippen MR) is 121 cm³/mol. The maximum absolute atomic E-state index is 14.2. The van der Waals surface area contributed by atoms with Gasteiger partial charge in [0.2, 0.25) is 5.91 Å². The molecule has 190 valence electrons. The van der Waals surface area contributed by atoms with Crippen molar-refractivity contribution in [2.45, 2.75) is 37.9 Å². The highest BCUT2D eigenvalue weighted by atomic mass is 35.5. The number of fused-ring (bicyclic) bond motifs is 1. The van der Waals surface area contributed by atoms with Crippen LogP contribution in [0.5, 0.6) is 0 Å². The summed E-state index contributed by atoms with van der Waals surface area (Å²) in [5.74, 6) is -1.51. The van der Waals surface area contributed by atoms with Gasteiger partial charge in [-0.1, -0.05) is 23.2 Å². The number of piperidine rings is 1. The van der Waals surface area contributed by atoms with Crippen LogP contribution in [0.2, 0.25) is 5.02 Å². The number of rotatable bonds is 4. The van der Waals surface area contributed by atoms with Crippen LogP contribution in [0.25, 0.3) is 5.82 Å². The number of nitrogen functional groups attached to an aromatic ring is 1. The van der Waals surface area contributed by atoms with Gasteiger partial charge in [-0.2, -0.15) is 23.0 Å². The first-order chi connectivity index (χ1) is 17.1. The second kappa shape index (κ2) is 9.08. The zero-order valence-electron chi connectivity index (χ0n) is 18.7. The molecular formula is C21H21ClF3N9O2. The average Bonchev–Trinajstić information content (AvgIpc) is 3.46. The van der Waals surface area contributed by atoms with Crippen LogP contribution in [0.15, 0.2) is 24.7 Å². The van der Waals surface area contributed by atoms with Crippen LogP contribution in [0, 0.1) is 11.8 Å². The first-order valence-electron chi connectivity index (χ1n) is 11.2. The Morgan fingerprint density at radius 2 is 2.03 bits per heavy atom. The van der Waals surface area contributed by atoms with Gasteiger partial charge in [-0.05, 0) is 31.2 Å². The topological polar surface area (TPSA) is 146 Å². The third-order valence-electron chi connectivity index (χ3n) is 6.62. The number of anilines is 2. The van der Waals surface area contributed by atoms with E-state index in [9.17, 15) is 22.8 Å². The quantitative estimate of drug-likeness (QED) is 0.476. The Balaban J connectivity index is 1.44. The molecule has 1 aliphatic carbocycles. The second-order valence-electron chi connectivity index (χ2n) is 8.75. The molecule has 3 unspecified atom stereocenters. The molecule has 0 bridgehead atoms. The van der Waals surface area contributed by atoms with Gasteiger partial charge in [0.05, 0.1) is 40.9 Å². The van der Waals surface area contributed by atoms with E-state index in [0.717, 1.165) is 10.9 Å². The average molecular weight is 524 g/mol. The maximum atomic E-state index is 14.2. The summed E-state index contributed by atoms with van der Waals surface area (Å²) in [7, 11) is 0. The smallest absolute Gasteiger partial charge is 0.382 e. The van der Waals surface area contributed by atoms with E-state index in [1.807, 2.05) is 0 Å². The number of hydrogen-bond acceptors (Lipinski definition) is 7. The van der Waals surface area contributed by atoms with Crippen LogP contribution in [0.3, 0.4) is 0 Å². The zero-order chi connectivity index (χ0) is 25.6. The summed E-state index contributed by atoms with van der Waals surface area (Å²) in [5, 5.41) is 16.6. The molecule has 0 spiro atoms. The van der Waals surface area contributed by atoms with Crippen LogP contribution in [-0.4, -0.2) is 48.1 Å². The van der Waals surface area contributed by atoms with Crippen molar-refractivity contribution in [3.8, 4) is 5.82 Å². The van der Waals surface area contributed by atoms with Crippen molar-refractivity contribution in [1.29, 1.82) is 0 Å². The highest BCUT2D eigenvalue weighted by molar-refractivity contribution is 6.32. The highest BCUT2D eigenvalue weighted by Crippen LogP contribution is 2.44. The Hall–Kier alpha value is -3.68. The number of nitrogens with one attached hydrogen (secondary N) is 2. The van der Waals surface area contributed by atoms with Crippen molar-refractivity contribution in [2.24, 2.45) is 11.8 Å². The van der Waals surface area contributed by atoms with E-state index in [1.165, 1.54) is 23.1 Å². The molecule has 3 aromatic heterocycles. The molecule has 2 fully saturated rings. The molecule has 3 atom stereocenters. The van der Waals surface area contributed by atoms with Gasteiger partial charge >= 0.3 is 6.18 Å². The second-order valence-corrected chi connectivity index (χ2v) is 9.16. The van der Waals surface area contributed by atoms with Gasteiger partial charge in [0.1, 0.15) is 5.82 Å². The highest BCUT2D eigenvalue weighted by Gasteiger charge is 2.46. The molecule has 1 aliphatic heterocycles. The first kappa shape index (κ1) is 24.0. The van der Waals surface area contributed by atoms with Gasteiger partial charge < -0.3 is 16.4 Å². The van der Waals surface area contributed by atoms with E-state index >= 15 is 0 Å². The molecule has 4 N–H and O–H groups in total. The number of aromatic nitrogens is 6. The first-order valence-corrected chi connectivity index (χ1v) is 11.6. The summed E-state index contributed by atoms with van der Waals surface area (Å²) in [4.78, 5) is 29.3. The Morgan fingerprint density at radius 1 is 1.22 bits per heavy atom. The molecule has 5 rings (SSSR count). The lowest BCUT2D eigenvalue weighted by molar-refractivity contribution is -0.147. The maximum Gasteiger partial charge on any atom is 0.433 e. The van der Waals surface area contributed by atoms with Crippen molar-refractivity contribution in [3.05, 3.63) is 40.9 Å². The summed E-state index contributed by atoms with van der Waals surface area (Å²) in [6.45, 7) is 0.399. The summed E-state index contributed by atoms with van der Waals surface area (Å²) in [6, 6.07) is 0.670. The van der Waals surface area contributed by atoms with E-state index in [1.54, 1.807) is 0 Å². The van der Waals surface area contributed by atoms with Crippen molar-refractivity contribution in [3.63, 3.8) is 0 Å². The van der Waals surface area contributed by atoms with Crippen molar-refractivity contribution < 1.29 is 22.8 Å². The Labute approximate surface area is 207 Å². The fourth-order valence-corrected chi connectivity index (χ4v) is 5.33. The molecule has 1 saturated carbocycles. The summed E-state index contributed by atoms with van der Waals surface area (Å²) >= 11 is 6.22. The predicted octanol–water partition coefficient (Wildman–Crippen LogP) is 2.84. The van der Waals surface area contributed by atoms with Crippen LogP contribution in [0.1, 0.15) is 47.8 Å². The monoisotopic (exact) mass is 523 g/mol. The number of carbonyl (C=O) groups is 2. The minimum absolute atomic E-state index is 0.0422. The Bertz CT molecular complexity index is 1320. The number of nitrogens with zero attached hydrogens (tertiary/aromatic N) is 6. The summed E-state index contributed by atoms with van der Waals surface area (Å²) < 4.78 is 44.7. The van der Waals surface area contributed by atoms with Gasteiger partial charge in [0, 0.05) is 12.5 Å². The molecule has 2 amide bonds. The standard InChI is InChI=1S/C21H21ClF3N9O2/c22-14-6-10(7-28-18(14)34-16(26)9-29-32-34)31-20(36)13-8-30-33(17(13)21(23,24)25)15-3-1-2-12-11(15)4-5-27-19(12)35/h6-9,11-12,15H,1-5,26H2,(H,27,35)(H,31,36). The van der Waals surface area contributed by atoms with E-state index in [-0.39, 0.29) is 40.1 Å². The molecule has 36 heavy (non-hydrogen) atoms. The van der Waals surface area contributed by atoms with Crippen molar-refractivity contribution >= 4 is 34.9 Å². The molecule has 2 aliphatic rings. The number of hydrogen-bond donors (Lipinski definition) is 3. The number of halogens is 4. The molecule has 1 saturated heterocycles. The number of alkyl halides is 3. The van der Waals surface area contributed by atoms with Gasteiger partial charge in [-0.15, -0.1) is 5.10 Å². The largest absolute Gasteiger partial charge is 0.433 e. The zero-order valence-corrected chi connectivity index (χ0v) is 19.4. The van der Waals surface area contributed by atoms with Crippen molar-refractivity contribution in [2.75, 3.05) is 17.6 Å². The third kappa shape index (κ3) is 4.25. The van der Waals surface area contributed by atoms with Crippen LogP contribution in [-0.2, 0) is 11.0 Å². The van der Waals surface area contributed by atoms with Gasteiger partial charge in [-0.25, -0.2) is 4.98 Å². The minimum Gasteiger partial charge on any atom is -0.382 e. The Kier molecular flexibility index (Phi) is 6.06. The van der Waals surface area contributed by atoms with Gasteiger partial charge in [-0.3, -0.25) is 14.3 Å². The van der Waals surface area contributed by atoms with Gasteiger partial charge in [0.15, 0.2) is 11.5 Å². The molecule has 0 radical (unpaired) electrons. The number of carbonyl (C=O) groups excluding carboxylic acids is 2. The van der Waals surface area contributed by atoms with Crippen molar-refractivity contribution in [1.82, 2.24) is 35.1 Å². The van der Waals surface area contributed by atoms with Crippen LogP contribution >= 0.6 is 11.6 Å². The number of amides is 2. The molecule has 15 heteroatoms. The normalized spacial score (nSPS) is 22.1. The lowest BCUT2D eigenvalue weighted by Gasteiger charge is -2.41. The Morgan fingerprint density at radius 3 is 2.72 bits per heavy atom. The third-order valence-corrected chi connectivity index (χ3v) is 6.90. The fourth-order valence-electron chi connectivity index (χ4n) is 5.08. The lowest BCUT2D eigenvalue weighted by Crippen LogP contribution is -2.47. The molecule has 3 aromatic rings. The van der Waals surface area contributed by atoms with Crippen LogP contribution in [0.4, 0.5) is 24.7 Å². The van der Waals surface area contributed by atoms with E-state index < -0.39 is 29.4 Å². The van der Waals surface area contributed by atoms with E-state index in [2.05, 4.69) is 31.0 Å². The molecule has 0 aromatic carbocycles. The number of pyridine rings is 1. The fraction of sp³-hybridized carbons (Fsp3) is 0.429. The van der Waals surface area contributed by atoms with E-state index in [4.69, 9.17) is 17.3 Å². The lowest BCUT2D eigenvalue weighted by atomic mass is 9.72. The summed E-state index contributed by atoms with van der Waals surface area (Å²) in [5.41, 5.74) is 4.02. The molecular weight excluding hydrogens is 503 g/mol. The SMILES string of the molecule is Nc1cnnn1-c1ncc(NC(=O)c2cnn(C3CCCC4C(=O)NCCC43)c2C(F)(F)F)cc1Cl. The summed E-state index contributed by atoms with van der Waals surface area (Å²) in [6.07, 6.45) is 0.751. The number of nitrogens with two attached hydrogens (primary N) is 1. The van der Waals surface area contributed by atoms with Gasteiger partial charge in [0.25, 0.3) is 5.91 Å². The minimum atomic E-state index is -4.85.